The number of rotatable bonds is 5. The number of hydrogen-bond donors (Lipinski definition) is 0. The minimum atomic E-state index is -0.617. The Morgan fingerprint density at radius 1 is 1.17 bits per heavy atom. The minimum absolute atomic E-state index is 0.0778. The third kappa shape index (κ3) is 3.51. The van der Waals surface area contributed by atoms with E-state index in [1.807, 2.05) is 44.4 Å². The van der Waals surface area contributed by atoms with E-state index >= 15 is 0 Å². The summed E-state index contributed by atoms with van der Waals surface area (Å²) in [6.07, 6.45) is 1.77. The topological polar surface area (TPSA) is 31.4 Å². The molecule has 1 unspecified atom stereocenters. The molecule has 0 aliphatic rings. The molecule has 0 spiro atoms. The molecule has 0 radical (unpaired) electrons. The molecule has 0 amide bonds. The number of methoxy groups -OCH3 is 1. The van der Waals surface area contributed by atoms with Crippen LogP contribution in [0.1, 0.15) is 37.3 Å². The van der Waals surface area contributed by atoms with Gasteiger partial charge in [0.2, 0.25) is 0 Å². The maximum absolute atomic E-state index is 6.01. The second-order valence-electron chi connectivity index (χ2n) is 6.42. The average Bonchev–Trinajstić information content (AvgIpc) is 2.94. The Morgan fingerprint density at radius 2 is 1.96 bits per heavy atom. The van der Waals surface area contributed by atoms with E-state index in [0.717, 1.165) is 11.3 Å². The van der Waals surface area contributed by atoms with Gasteiger partial charge in [0.1, 0.15) is 0 Å². The van der Waals surface area contributed by atoms with Crippen molar-refractivity contribution in [3.63, 3.8) is 0 Å². The van der Waals surface area contributed by atoms with Gasteiger partial charge in [-0.2, -0.15) is 0 Å². The zero-order valence-corrected chi connectivity index (χ0v) is 15.6. The van der Waals surface area contributed by atoms with Crippen molar-refractivity contribution in [1.82, 2.24) is 4.98 Å². The summed E-state index contributed by atoms with van der Waals surface area (Å²) >= 11 is 1.81. The molecule has 0 N–H and O–H groups in total. The summed E-state index contributed by atoms with van der Waals surface area (Å²) in [5, 5.41) is 1.27. The van der Waals surface area contributed by atoms with Crippen LogP contribution in [-0.2, 0) is 9.47 Å². The van der Waals surface area contributed by atoms with Crippen LogP contribution in [0.2, 0.25) is 0 Å². The van der Waals surface area contributed by atoms with Crippen LogP contribution in [0, 0.1) is 6.92 Å². The Labute approximate surface area is 147 Å². The van der Waals surface area contributed by atoms with Crippen molar-refractivity contribution < 1.29 is 9.47 Å². The van der Waals surface area contributed by atoms with Crippen molar-refractivity contribution in [1.29, 1.82) is 0 Å². The van der Waals surface area contributed by atoms with Gasteiger partial charge in [-0.05, 0) is 56.8 Å². The average molecular weight is 341 g/mol. The first kappa shape index (κ1) is 17.1. The molecule has 126 valence electrons. The molecule has 3 nitrogen and oxygen atoms in total. The lowest BCUT2D eigenvalue weighted by molar-refractivity contribution is -0.221. The summed E-state index contributed by atoms with van der Waals surface area (Å²) in [7, 11) is 1.66. The van der Waals surface area contributed by atoms with Gasteiger partial charge in [0.05, 0.1) is 11.8 Å². The standard InChI is InChI=1S/C20H23NO2S/c1-13-11-16-7-6-8-17(19(16)24-13)18-12-15(9-10-21-18)14(2)23-20(3,4)22-5/h6-12,14H,1-5H3. The van der Waals surface area contributed by atoms with E-state index in [-0.39, 0.29) is 6.10 Å². The van der Waals surface area contributed by atoms with Gasteiger partial charge in [-0.15, -0.1) is 11.3 Å². The smallest absolute Gasteiger partial charge is 0.163 e. The SMILES string of the molecule is COC(C)(C)OC(C)c1ccnc(-c2cccc3cc(C)sc23)c1. The molecule has 3 rings (SSSR count). The van der Waals surface area contributed by atoms with E-state index in [4.69, 9.17) is 9.47 Å². The zero-order chi connectivity index (χ0) is 17.3. The molecular weight excluding hydrogens is 318 g/mol. The number of ether oxygens (including phenoxy) is 2. The summed E-state index contributed by atoms with van der Waals surface area (Å²) < 4.78 is 12.7. The van der Waals surface area contributed by atoms with E-state index in [1.54, 1.807) is 7.11 Å². The summed E-state index contributed by atoms with van der Waals surface area (Å²) in [6, 6.07) is 12.7. The molecule has 0 fully saturated rings. The van der Waals surface area contributed by atoms with Crippen LogP contribution in [-0.4, -0.2) is 17.9 Å². The second kappa shape index (κ2) is 6.63. The molecule has 4 heteroatoms. The second-order valence-corrected chi connectivity index (χ2v) is 7.68. The van der Waals surface area contributed by atoms with E-state index in [0.29, 0.717) is 0 Å². The first-order valence-corrected chi connectivity index (χ1v) is 8.90. The van der Waals surface area contributed by atoms with E-state index in [2.05, 4.69) is 42.2 Å². The Kier molecular flexibility index (Phi) is 4.72. The highest BCUT2D eigenvalue weighted by Gasteiger charge is 2.22. The summed E-state index contributed by atoms with van der Waals surface area (Å²) in [4.78, 5) is 5.90. The number of nitrogens with zero attached hydrogens (tertiary/aromatic N) is 1. The molecule has 0 aliphatic carbocycles. The van der Waals surface area contributed by atoms with Crippen molar-refractivity contribution in [3.8, 4) is 11.3 Å². The molecule has 24 heavy (non-hydrogen) atoms. The zero-order valence-electron chi connectivity index (χ0n) is 14.8. The minimum Gasteiger partial charge on any atom is -0.354 e. The first-order valence-electron chi connectivity index (χ1n) is 8.08. The van der Waals surface area contributed by atoms with Crippen LogP contribution in [0.15, 0.2) is 42.6 Å². The van der Waals surface area contributed by atoms with Gasteiger partial charge in [0.15, 0.2) is 5.79 Å². The van der Waals surface area contributed by atoms with Gasteiger partial charge in [-0.3, -0.25) is 4.98 Å². The molecule has 0 saturated carbocycles. The van der Waals surface area contributed by atoms with Gasteiger partial charge in [-0.25, -0.2) is 0 Å². The van der Waals surface area contributed by atoms with Crippen LogP contribution in [0.3, 0.4) is 0 Å². The molecular formula is C20H23NO2S. The van der Waals surface area contributed by atoms with Crippen LogP contribution in [0.25, 0.3) is 21.3 Å². The predicted molar refractivity (Wildman–Crippen MR) is 100 cm³/mol. The lowest BCUT2D eigenvalue weighted by Gasteiger charge is -2.28. The largest absolute Gasteiger partial charge is 0.354 e. The fraction of sp³-hybridized carbons (Fsp3) is 0.350. The number of thiophene rings is 1. The Hall–Kier alpha value is -1.75. The highest BCUT2D eigenvalue weighted by atomic mass is 32.1. The molecule has 1 aromatic carbocycles. The van der Waals surface area contributed by atoms with E-state index in [9.17, 15) is 0 Å². The lowest BCUT2D eigenvalue weighted by Crippen LogP contribution is -2.28. The van der Waals surface area contributed by atoms with Crippen molar-refractivity contribution in [2.75, 3.05) is 7.11 Å². The molecule has 1 atom stereocenters. The number of hydrogen-bond acceptors (Lipinski definition) is 4. The number of aromatic nitrogens is 1. The fourth-order valence-electron chi connectivity index (χ4n) is 2.78. The van der Waals surface area contributed by atoms with Crippen LogP contribution in [0.4, 0.5) is 0 Å². The fourth-order valence-corrected chi connectivity index (χ4v) is 3.82. The Balaban J connectivity index is 1.98. The molecule has 2 aromatic heterocycles. The van der Waals surface area contributed by atoms with Crippen molar-refractivity contribution >= 4 is 21.4 Å². The monoisotopic (exact) mass is 341 g/mol. The quantitative estimate of drug-likeness (QED) is 0.555. The van der Waals surface area contributed by atoms with Gasteiger partial charge in [-0.1, -0.05) is 18.2 Å². The highest BCUT2D eigenvalue weighted by Crippen LogP contribution is 2.35. The van der Waals surface area contributed by atoms with Gasteiger partial charge >= 0.3 is 0 Å². The third-order valence-electron chi connectivity index (χ3n) is 4.15. The number of fused-ring (bicyclic) bond motifs is 1. The van der Waals surface area contributed by atoms with Gasteiger partial charge in [0.25, 0.3) is 0 Å². The molecule has 3 aromatic rings. The number of aryl methyl sites for hydroxylation is 1. The normalized spacial score (nSPS) is 13.4. The molecule has 0 bridgehead atoms. The van der Waals surface area contributed by atoms with Crippen LogP contribution in [0.5, 0.6) is 0 Å². The summed E-state index contributed by atoms with van der Waals surface area (Å²) in [6.45, 7) is 8.01. The van der Waals surface area contributed by atoms with E-state index < -0.39 is 5.79 Å². The maximum Gasteiger partial charge on any atom is 0.163 e. The first-order chi connectivity index (χ1) is 11.4. The van der Waals surface area contributed by atoms with Crippen molar-refractivity contribution in [3.05, 3.63) is 53.0 Å². The van der Waals surface area contributed by atoms with Crippen molar-refractivity contribution in [2.24, 2.45) is 0 Å². The number of benzene rings is 1. The Morgan fingerprint density at radius 3 is 2.71 bits per heavy atom. The van der Waals surface area contributed by atoms with Crippen LogP contribution >= 0.6 is 11.3 Å². The van der Waals surface area contributed by atoms with Gasteiger partial charge in [0, 0.05) is 28.4 Å². The summed E-state index contributed by atoms with van der Waals surface area (Å²) in [5.74, 6) is -0.617. The summed E-state index contributed by atoms with van der Waals surface area (Å²) in [5.41, 5.74) is 3.24. The third-order valence-corrected chi connectivity index (χ3v) is 5.25. The van der Waals surface area contributed by atoms with Crippen LogP contribution < -0.4 is 0 Å². The molecule has 0 saturated heterocycles. The predicted octanol–water partition coefficient (Wildman–Crippen LogP) is 5.73. The lowest BCUT2D eigenvalue weighted by atomic mass is 10.1. The van der Waals surface area contributed by atoms with E-state index in [1.165, 1.54) is 20.5 Å². The molecule has 2 heterocycles. The molecule has 0 aliphatic heterocycles. The Bertz CT molecular complexity index is 854. The number of pyridine rings is 1. The van der Waals surface area contributed by atoms with Gasteiger partial charge < -0.3 is 9.47 Å². The highest BCUT2D eigenvalue weighted by molar-refractivity contribution is 7.19. The maximum atomic E-state index is 6.01. The van der Waals surface area contributed by atoms with Crippen molar-refractivity contribution in [2.45, 2.75) is 39.6 Å².